The number of hydrogen-bond acceptors (Lipinski definition) is 8. The summed E-state index contributed by atoms with van der Waals surface area (Å²) in [6, 6.07) is 14.0. The summed E-state index contributed by atoms with van der Waals surface area (Å²) in [6.07, 6.45) is 1.09. The van der Waals surface area contributed by atoms with Crippen LogP contribution in [-0.4, -0.2) is 63.0 Å². The fourth-order valence-electron chi connectivity index (χ4n) is 7.62. The number of amides is 2. The maximum atomic E-state index is 13.8. The molecule has 2 unspecified atom stereocenters. The third-order valence-corrected chi connectivity index (χ3v) is 10.9. The highest BCUT2D eigenvalue weighted by Gasteiger charge is 2.46. The average molecular weight is 734 g/mol. The van der Waals surface area contributed by atoms with Crippen LogP contribution in [0.15, 0.2) is 59.5 Å². The first-order valence-electron chi connectivity index (χ1n) is 16.4. The Balaban J connectivity index is 1.13. The van der Waals surface area contributed by atoms with Crippen LogP contribution in [-0.2, 0) is 13.5 Å². The van der Waals surface area contributed by atoms with Gasteiger partial charge < -0.3 is 20.7 Å². The largest absolute Gasteiger partial charge is 0.481 e. The van der Waals surface area contributed by atoms with Crippen molar-refractivity contribution >= 4 is 51.5 Å². The number of carbonyl (C=O) groups is 1. The van der Waals surface area contributed by atoms with E-state index in [0.717, 1.165) is 54.2 Å². The number of methoxy groups -OCH3 is 1. The van der Waals surface area contributed by atoms with E-state index in [0.29, 0.717) is 45.5 Å². The van der Waals surface area contributed by atoms with Crippen LogP contribution in [0.1, 0.15) is 42.1 Å². The summed E-state index contributed by atoms with van der Waals surface area (Å²) in [5.41, 5.74) is 3.81. The highest BCUT2D eigenvalue weighted by Crippen LogP contribution is 2.47. The Labute approximate surface area is 300 Å². The van der Waals surface area contributed by atoms with Gasteiger partial charge in [0.25, 0.3) is 12.0 Å². The minimum absolute atomic E-state index is 0.0637. The molecule has 11 nitrogen and oxygen atoms in total. The Morgan fingerprint density at radius 2 is 1.82 bits per heavy atom. The van der Waals surface area contributed by atoms with Gasteiger partial charge in [0.05, 0.1) is 45.7 Å². The van der Waals surface area contributed by atoms with Crippen LogP contribution >= 0.6 is 23.2 Å². The Kier molecular flexibility index (Phi) is 8.31. The quantitative estimate of drug-likeness (QED) is 0.167. The number of nitrogens with zero attached hydrogens (tertiary/aromatic N) is 5. The number of aromatic nitrogens is 4. The third-order valence-electron chi connectivity index (χ3n) is 10.1. The van der Waals surface area contributed by atoms with Gasteiger partial charge in [0.15, 0.2) is 0 Å². The Morgan fingerprint density at radius 3 is 2.57 bits per heavy atom. The van der Waals surface area contributed by atoms with E-state index in [4.69, 9.17) is 32.9 Å². The molecule has 3 aromatic heterocycles. The van der Waals surface area contributed by atoms with Crippen LogP contribution in [0.25, 0.3) is 33.2 Å². The lowest BCUT2D eigenvalue weighted by molar-refractivity contribution is 0.146. The van der Waals surface area contributed by atoms with Crippen LogP contribution in [0.2, 0.25) is 10.0 Å². The normalized spacial score (nSPS) is 19.9. The Morgan fingerprint density at radius 1 is 1.06 bits per heavy atom. The van der Waals surface area contributed by atoms with Crippen LogP contribution in [0.5, 0.6) is 5.88 Å². The van der Waals surface area contributed by atoms with E-state index in [9.17, 15) is 18.4 Å². The monoisotopic (exact) mass is 732 g/mol. The van der Waals surface area contributed by atoms with Crippen LogP contribution in [0.4, 0.5) is 25.1 Å². The molecule has 15 heteroatoms. The highest BCUT2D eigenvalue weighted by molar-refractivity contribution is 6.39. The van der Waals surface area contributed by atoms with Gasteiger partial charge >= 0.3 is 6.03 Å². The first-order valence-corrected chi connectivity index (χ1v) is 17.2. The number of carbonyl (C=O) groups excluding carboxylic acids is 1. The van der Waals surface area contributed by atoms with E-state index in [1.165, 1.54) is 13.2 Å². The van der Waals surface area contributed by atoms with Gasteiger partial charge in [0, 0.05) is 60.4 Å². The number of urea groups is 1. The van der Waals surface area contributed by atoms with E-state index in [1.54, 1.807) is 25.3 Å². The molecule has 2 saturated heterocycles. The number of anilines is 2. The molecule has 5 aromatic rings. The molecule has 5 heterocycles. The first-order chi connectivity index (χ1) is 24.6. The van der Waals surface area contributed by atoms with Crippen molar-refractivity contribution < 1.29 is 18.3 Å². The van der Waals surface area contributed by atoms with Crippen LogP contribution in [0, 0.1) is 0 Å². The molecule has 0 bridgehead atoms. The molecule has 2 aliphatic heterocycles. The maximum absolute atomic E-state index is 13.8. The summed E-state index contributed by atoms with van der Waals surface area (Å²) in [7, 11) is 3.09. The van der Waals surface area contributed by atoms with Crippen molar-refractivity contribution in [3.8, 4) is 28.3 Å². The van der Waals surface area contributed by atoms with Gasteiger partial charge in [0.1, 0.15) is 11.5 Å². The molecule has 0 saturated carbocycles. The lowest BCUT2D eigenvalue weighted by Crippen LogP contribution is -2.46. The van der Waals surface area contributed by atoms with Crippen molar-refractivity contribution in [1.82, 2.24) is 35.3 Å². The number of hydrogen-bond donors (Lipinski definition) is 3. The molecule has 2 fully saturated rings. The van der Waals surface area contributed by atoms with Crippen molar-refractivity contribution in [2.45, 2.75) is 37.3 Å². The number of fused-ring (bicyclic) bond motifs is 2. The zero-order valence-corrected chi connectivity index (χ0v) is 29.1. The number of likely N-dealkylation sites (tertiary alicyclic amines) is 1. The SMILES string of the molecule is COc1nc(-c2cccc(-c3cccc(Nc4nc(C(F)F)cc5cnn(C)c(=O)c45)c3Cl)c2Cl)cc2c1C(N1CCC3(CNC(=O)N3)C1)CC2. The number of aryl methyl sites for hydroxylation is 2. The smallest absolute Gasteiger partial charge is 0.315 e. The molecule has 1 spiro atoms. The second-order valence-corrected chi connectivity index (χ2v) is 13.9. The molecular formula is C36H32Cl2F2N8O3. The van der Waals surface area contributed by atoms with Gasteiger partial charge in [-0.25, -0.2) is 28.2 Å². The van der Waals surface area contributed by atoms with E-state index < -0.39 is 17.7 Å². The van der Waals surface area contributed by atoms with Gasteiger partial charge in [-0.3, -0.25) is 9.69 Å². The Hall–Kier alpha value is -4.85. The van der Waals surface area contributed by atoms with Gasteiger partial charge in [-0.15, -0.1) is 0 Å². The van der Waals surface area contributed by atoms with E-state index in [-0.39, 0.29) is 39.2 Å². The minimum atomic E-state index is -2.87. The van der Waals surface area contributed by atoms with E-state index in [2.05, 4.69) is 37.0 Å². The molecule has 2 aromatic carbocycles. The zero-order chi connectivity index (χ0) is 35.6. The summed E-state index contributed by atoms with van der Waals surface area (Å²) >= 11 is 14.1. The average Bonchev–Trinajstić information content (AvgIpc) is 3.84. The summed E-state index contributed by atoms with van der Waals surface area (Å²) in [4.78, 5) is 36.4. The molecular weight excluding hydrogens is 701 g/mol. The number of halogens is 4. The van der Waals surface area contributed by atoms with Crippen LogP contribution in [0.3, 0.4) is 0 Å². The maximum Gasteiger partial charge on any atom is 0.315 e. The molecule has 262 valence electrons. The molecule has 1 aliphatic carbocycles. The van der Waals surface area contributed by atoms with Gasteiger partial charge in [-0.1, -0.05) is 53.5 Å². The van der Waals surface area contributed by atoms with Crippen molar-refractivity contribution in [2.75, 3.05) is 32.1 Å². The number of ether oxygens (including phenoxy) is 1. The summed E-state index contributed by atoms with van der Waals surface area (Å²) in [5, 5.41) is 14.0. The minimum Gasteiger partial charge on any atom is -0.481 e. The first kappa shape index (κ1) is 33.3. The molecule has 8 rings (SSSR count). The van der Waals surface area contributed by atoms with Crippen molar-refractivity contribution in [1.29, 1.82) is 0 Å². The van der Waals surface area contributed by atoms with Crippen molar-refractivity contribution in [3.05, 3.63) is 91.9 Å². The number of pyridine rings is 2. The Bertz CT molecular complexity index is 2300. The molecule has 0 radical (unpaired) electrons. The van der Waals surface area contributed by atoms with E-state index in [1.807, 2.05) is 18.2 Å². The van der Waals surface area contributed by atoms with Gasteiger partial charge in [-0.2, -0.15) is 5.10 Å². The van der Waals surface area contributed by atoms with Gasteiger partial charge in [-0.05, 0) is 43.0 Å². The standard InChI is InChI=1S/C36H32Cl2F2N8O3/c1-47-34(49)28-19(15-42-47)14-25(31(39)40)44-32(28)43-23-8-4-6-21(30(23)38)20-5-3-7-22(29(20)37)24-13-18-9-10-26(27(18)33(45-24)51-2)48-12-11-36(17-48)16-41-35(50)46-36/h3-8,13-15,26,31H,9-12,16-17H2,1-2H3,(H,43,44)(H2,41,46,50). The molecule has 3 N–H and O–H groups in total. The number of rotatable bonds is 7. The lowest BCUT2D eigenvalue weighted by atomic mass is 9.99. The second kappa shape index (κ2) is 12.7. The number of benzene rings is 2. The van der Waals surface area contributed by atoms with Crippen molar-refractivity contribution in [3.63, 3.8) is 0 Å². The highest BCUT2D eigenvalue weighted by atomic mass is 35.5. The summed E-state index contributed by atoms with van der Waals surface area (Å²) in [5.74, 6) is 0.475. The van der Waals surface area contributed by atoms with Crippen molar-refractivity contribution in [2.24, 2.45) is 7.05 Å². The van der Waals surface area contributed by atoms with Gasteiger partial charge in [0.2, 0.25) is 5.88 Å². The molecule has 2 atom stereocenters. The fraction of sp³-hybridized carbons (Fsp3) is 0.306. The predicted molar refractivity (Wildman–Crippen MR) is 191 cm³/mol. The third kappa shape index (κ3) is 5.73. The van der Waals surface area contributed by atoms with Crippen LogP contribution < -0.4 is 26.2 Å². The summed E-state index contributed by atoms with van der Waals surface area (Å²) in [6.45, 7) is 2.23. The number of nitrogens with one attached hydrogen (secondary N) is 3. The second-order valence-electron chi connectivity index (χ2n) is 13.1. The fourth-order valence-corrected chi connectivity index (χ4v) is 8.22. The zero-order valence-electron chi connectivity index (χ0n) is 27.6. The molecule has 2 amide bonds. The van der Waals surface area contributed by atoms with E-state index >= 15 is 0 Å². The molecule has 51 heavy (non-hydrogen) atoms. The lowest BCUT2D eigenvalue weighted by Gasteiger charge is -2.28. The summed E-state index contributed by atoms with van der Waals surface area (Å²) < 4.78 is 34.6. The predicted octanol–water partition coefficient (Wildman–Crippen LogP) is 6.80. The topological polar surface area (TPSA) is 126 Å². The molecule has 3 aliphatic rings. The number of alkyl halides is 2.